The number of hydrazine groups is 1. The molecule has 4 N–H and O–H groups in total. The minimum Gasteiger partial charge on any atom is -0.321 e. The van der Waals surface area contributed by atoms with Gasteiger partial charge in [-0.25, -0.2) is 4.98 Å². The highest BCUT2D eigenvalue weighted by Gasteiger charge is 2.21. The Morgan fingerprint density at radius 1 is 1.10 bits per heavy atom. The molecule has 0 bridgehead atoms. The lowest BCUT2D eigenvalue weighted by molar-refractivity contribution is 0.598. The van der Waals surface area contributed by atoms with Crippen molar-refractivity contribution in [3.8, 4) is 0 Å². The van der Waals surface area contributed by atoms with E-state index in [1.165, 1.54) is 18.3 Å². The number of aromatic nitrogens is 1. The van der Waals surface area contributed by atoms with Gasteiger partial charge in [-0.15, -0.1) is 0 Å². The lowest BCUT2D eigenvalue weighted by Gasteiger charge is -2.12. The van der Waals surface area contributed by atoms with Crippen LogP contribution in [0.2, 0.25) is 10.0 Å². The van der Waals surface area contributed by atoms with Crippen molar-refractivity contribution in [3.63, 3.8) is 0 Å². The summed E-state index contributed by atoms with van der Waals surface area (Å²) in [4.78, 5) is 3.80. The number of hydrogen-bond acceptors (Lipinski definition) is 5. The number of benzene rings is 1. The van der Waals surface area contributed by atoms with Gasteiger partial charge in [0.2, 0.25) is 5.03 Å². The van der Waals surface area contributed by atoms with Crippen LogP contribution < -0.4 is 16.0 Å². The highest BCUT2D eigenvalue weighted by molar-refractivity contribution is 7.92. The Bertz CT molecular complexity index is 737. The number of anilines is 2. The monoisotopic (exact) mass is 332 g/mol. The van der Waals surface area contributed by atoms with Crippen molar-refractivity contribution in [2.75, 3.05) is 10.1 Å². The van der Waals surface area contributed by atoms with E-state index in [2.05, 4.69) is 15.1 Å². The van der Waals surface area contributed by atoms with Crippen molar-refractivity contribution >= 4 is 44.6 Å². The summed E-state index contributed by atoms with van der Waals surface area (Å²) in [6, 6.07) is 7.66. The molecule has 0 fully saturated rings. The predicted molar refractivity (Wildman–Crippen MR) is 79.3 cm³/mol. The van der Waals surface area contributed by atoms with Gasteiger partial charge in [0, 0.05) is 6.20 Å². The third-order valence-electron chi connectivity index (χ3n) is 2.38. The smallest absolute Gasteiger partial charge is 0.281 e. The average molecular weight is 333 g/mol. The number of nitrogens with two attached hydrogens (primary N) is 1. The van der Waals surface area contributed by atoms with Crippen LogP contribution in [0.4, 0.5) is 11.4 Å². The van der Waals surface area contributed by atoms with Crippen LogP contribution in [-0.4, -0.2) is 13.4 Å². The molecule has 2 rings (SSSR count). The summed E-state index contributed by atoms with van der Waals surface area (Å²) >= 11 is 11.8. The molecule has 1 aromatic heterocycles. The Balaban J connectivity index is 2.44. The van der Waals surface area contributed by atoms with Crippen molar-refractivity contribution in [1.82, 2.24) is 4.98 Å². The molecule has 0 saturated heterocycles. The number of nitrogens with zero attached hydrogens (tertiary/aromatic N) is 1. The van der Waals surface area contributed by atoms with E-state index in [1.54, 1.807) is 18.2 Å². The summed E-state index contributed by atoms with van der Waals surface area (Å²) in [7, 11) is -3.94. The summed E-state index contributed by atoms with van der Waals surface area (Å²) in [6.07, 6.45) is 1.34. The summed E-state index contributed by atoms with van der Waals surface area (Å²) in [5.41, 5.74) is 2.60. The number of nitrogen functional groups attached to an aromatic ring is 1. The van der Waals surface area contributed by atoms with Crippen LogP contribution in [0.5, 0.6) is 0 Å². The third kappa shape index (κ3) is 2.96. The van der Waals surface area contributed by atoms with E-state index >= 15 is 0 Å². The first-order valence-corrected chi connectivity index (χ1v) is 7.58. The van der Waals surface area contributed by atoms with Gasteiger partial charge in [0.25, 0.3) is 10.0 Å². The summed E-state index contributed by atoms with van der Waals surface area (Å²) in [5.74, 6) is 5.27. The number of rotatable bonds is 4. The summed E-state index contributed by atoms with van der Waals surface area (Å²) in [6.45, 7) is 0. The number of pyridine rings is 1. The van der Waals surface area contributed by atoms with Gasteiger partial charge < -0.3 is 5.43 Å². The molecule has 0 aliphatic carbocycles. The van der Waals surface area contributed by atoms with Crippen LogP contribution in [0, 0.1) is 0 Å². The first kappa shape index (κ1) is 14.9. The maximum atomic E-state index is 12.3. The molecule has 0 saturated carbocycles. The maximum absolute atomic E-state index is 12.3. The van der Waals surface area contributed by atoms with Gasteiger partial charge in [-0.05, 0) is 24.3 Å². The van der Waals surface area contributed by atoms with Crippen LogP contribution in [0.1, 0.15) is 0 Å². The topological polar surface area (TPSA) is 97.1 Å². The van der Waals surface area contributed by atoms with Crippen molar-refractivity contribution in [3.05, 3.63) is 46.6 Å². The molecule has 6 nitrogen and oxygen atoms in total. The molecule has 0 amide bonds. The quantitative estimate of drug-likeness (QED) is 0.590. The van der Waals surface area contributed by atoms with Crippen LogP contribution in [0.15, 0.2) is 41.6 Å². The van der Waals surface area contributed by atoms with Gasteiger partial charge in [-0.2, -0.15) is 8.42 Å². The zero-order valence-corrected chi connectivity index (χ0v) is 12.3. The number of sulfonamides is 1. The summed E-state index contributed by atoms with van der Waals surface area (Å²) in [5, 5.41) is 0.111. The first-order chi connectivity index (χ1) is 9.45. The molecule has 106 valence electrons. The minimum absolute atomic E-state index is 0.107. The van der Waals surface area contributed by atoms with E-state index in [-0.39, 0.29) is 26.4 Å². The van der Waals surface area contributed by atoms with E-state index in [4.69, 9.17) is 29.0 Å². The van der Waals surface area contributed by atoms with E-state index in [1.807, 2.05) is 0 Å². The SMILES string of the molecule is NNc1cccnc1S(=O)(=O)Nc1cccc(Cl)c1Cl. The van der Waals surface area contributed by atoms with Gasteiger partial charge in [-0.1, -0.05) is 29.3 Å². The maximum Gasteiger partial charge on any atom is 0.281 e. The summed E-state index contributed by atoms with van der Waals surface area (Å²) < 4.78 is 26.9. The fourth-order valence-electron chi connectivity index (χ4n) is 1.49. The van der Waals surface area contributed by atoms with Crippen LogP contribution in [0.3, 0.4) is 0 Å². The molecular formula is C11H10Cl2N4O2S. The molecule has 20 heavy (non-hydrogen) atoms. The van der Waals surface area contributed by atoms with Gasteiger partial charge in [0.15, 0.2) is 0 Å². The standard InChI is InChI=1S/C11H10Cl2N4O2S/c12-7-3-1-4-8(10(7)13)17-20(18,19)11-9(16-14)5-2-6-15-11/h1-6,16-17H,14H2. The molecule has 9 heteroatoms. The molecule has 0 radical (unpaired) electrons. The molecule has 0 spiro atoms. The molecule has 1 aromatic carbocycles. The number of hydrogen-bond donors (Lipinski definition) is 3. The molecule has 0 atom stereocenters. The lowest BCUT2D eigenvalue weighted by atomic mass is 10.3. The molecular weight excluding hydrogens is 323 g/mol. The van der Waals surface area contributed by atoms with Crippen LogP contribution in [0.25, 0.3) is 0 Å². The van der Waals surface area contributed by atoms with Gasteiger partial charge in [-0.3, -0.25) is 10.6 Å². The lowest BCUT2D eigenvalue weighted by Crippen LogP contribution is -2.19. The highest BCUT2D eigenvalue weighted by Crippen LogP contribution is 2.31. The Morgan fingerprint density at radius 3 is 2.50 bits per heavy atom. The molecule has 0 unspecified atom stereocenters. The van der Waals surface area contributed by atoms with Crippen LogP contribution in [-0.2, 0) is 10.0 Å². The second-order valence-corrected chi connectivity index (χ2v) is 6.09. The number of nitrogens with one attached hydrogen (secondary N) is 2. The second-order valence-electron chi connectivity index (χ2n) is 3.71. The van der Waals surface area contributed by atoms with Crippen molar-refractivity contribution < 1.29 is 8.42 Å². The predicted octanol–water partition coefficient (Wildman–Crippen LogP) is 2.47. The van der Waals surface area contributed by atoms with Gasteiger partial charge in [0.1, 0.15) is 0 Å². The van der Waals surface area contributed by atoms with Crippen molar-refractivity contribution in [2.24, 2.45) is 5.84 Å². The van der Waals surface area contributed by atoms with Crippen molar-refractivity contribution in [2.45, 2.75) is 5.03 Å². The second kappa shape index (κ2) is 5.84. The fraction of sp³-hybridized carbons (Fsp3) is 0. The molecule has 1 heterocycles. The largest absolute Gasteiger partial charge is 0.321 e. The molecule has 2 aromatic rings. The van der Waals surface area contributed by atoms with Gasteiger partial charge >= 0.3 is 0 Å². The number of halogens is 2. The fourth-order valence-corrected chi connectivity index (χ4v) is 3.07. The van der Waals surface area contributed by atoms with Crippen LogP contribution >= 0.6 is 23.2 Å². The Morgan fingerprint density at radius 2 is 1.80 bits per heavy atom. The zero-order valence-electron chi connectivity index (χ0n) is 9.97. The van der Waals surface area contributed by atoms with E-state index in [0.717, 1.165) is 0 Å². The normalized spacial score (nSPS) is 11.2. The Labute approximate surface area is 125 Å². The average Bonchev–Trinajstić information content (AvgIpc) is 2.43. The molecule has 0 aliphatic heterocycles. The third-order valence-corrected chi connectivity index (χ3v) is 4.52. The highest BCUT2D eigenvalue weighted by atomic mass is 35.5. The van der Waals surface area contributed by atoms with E-state index in [0.29, 0.717) is 0 Å². The Hall–Kier alpha value is -1.54. The van der Waals surface area contributed by atoms with E-state index in [9.17, 15) is 8.42 Å². The van der Waals surface area contributed by atoms with Gasteiger partial charge in [0.05, 0.1) is 21.4 Å². The van der Waals surface area contributed by atoms with Crippen molar-refractivity contribution in [1.29, 1.82) is 0 Å². The molecule has 0 aliphatic rings. The first-order valence-electron chi connectivity index (χ1n) is 5.34. The minimum atomic E-state index is -3.94. The van der Waals surface area contributed by atoms with E-state index < -0.39 is 10.0 Å². The zero-order chi connectivity index (χ0) is 14.8. The Kier molecular flexibility index (Phi) is 4.34.